The molecule has 4 rings (SSSR count). The second kappa shape index (κ2) is 6.45. The molecular weight excluding hydrogens is 340 g/mol. The molecule has 126 valence electrons. The molecule has 0 radical (unpaired) electrons. The first-order valence-electron chi connectivity index (χ1n) is 7.69. The van der Waals surface area contributed by atoms with Crippen molar-refractivity contribution in [3.05, 3.63) is 59.0 Å². The van der Waals surface area contributed by atoms with E-state index in [9.17, 15) is 9.59 Å². The van der Waals surface area contributed by atoms with Crippen molar-refractivity contribution in [3.63, 3.8) is 0 Å². The predicted molar refractivity (Wildman–Crippen MR) is 94.2 cm³/mol. The van der Waals surface area contributed by atoms with Crippen LogP contribution >= 0.6 is 11.3 Å². The summed E-state index contributed by atoms with van der Waals surface area (Å²) in [6, 6.07) is 14.4. The molecule has 0 atom stereocenters. The Bertz CT molecular complexity index is 934. The maximum Gasteiger partial charge on any atom is 0.279 e. The summed E-state index contributed by atoms with van der Waals surface area (Å²) in [5.41, 5.74) is 5.23. The molecule has 1 aliphatic rings. The van der Waals surface area contributed by atoms with Crippen molar-refractivity contribution in [2.24, 2.45) is 0 Å². The second-order valence-electron chi connectivity index (χ2n) is 5.42. The number of thiophene rings is 1. The summed E-state index contributed by atoms with van der Waals surface area (Å²) in [6.07, 6.45) is 0. The van der Waals surface area contributed by atoms with Crippen LogP contribution in [0.25, 0.3) is 10.1 Å². The van der Waals surface area contributed by atoms with E-state index in [-0.39, 0.29) is 5.91 Å². The molecule has 7 heteroatoms. The number of nitrogens with one attached hydrogen (secondary N) is 2. The lowest BCUT2D eigenvalue weighted by molar-refractivity contribution is 0.0848. The fraction of sp³-hybridized carbons (Fsp3) is 0.111. The molecule has 0 saturated heterocycles. The molecule has 1 aliphatic heterocycles. The molecule has 2 heterocycles. The summed E-state index contributed by atoms with van der Waals surface area (Å²) in [4.78, 5) is 25.0. The van der Waals surface area contributed by atoms with Crippen LogP contribution in [-0.2, 0) is 0 Å². The van der Waals surface area contributed by atoms with E-state index >= 15 is 0 Å². The Morgan fingerprint density at radius 3 is 2.48 bits per heavy atom. The quantitative estimate of drug-likeness (QED) is 0.694. The van der Waals surface area contributed by atoms with Crippen LogP contribution in [0.2, 0.25) is 0 Å². The van der Waals surface area contributed by atoms with E-state index in [0.717, 1.165) is 10.1 Å². The molecule has 25 heavy (non-hydrogen) atoms. The summed E-state index contributed by atoms with van der Waals surface area (Å²) in [5, 5.41) is 0.996. The van der Waals surface area contributed by atoms with Crippen LogP contribution in [0.3, 0.4) is 0 Å². The minimum Gasteiger partial charge on any atom is -0.486 e. The van der Waals surface area contributed by atoms with E-state index in [4.69, 9.17) is 9.47 Å². The highest BCUT2D eigenvalue weighted by molar-refractivity contribution is 7.20. The molecule has 0 unspecified atom stereocenters. The van der Waals surface area contributed by atoms with Gasteiger partial charge in [0.2, 0.25) is 0 Å². The van der Waals surface area contributed by atoms with Gasteiger partial charge in [-0.25, -0.2) is 0 Å². The standard InChI is InChI=1S/C18H14N2O4S/c21-17(12-5-6-13-14(9-12)24-8-7-23-13)19-20-18(22)16-10-11-3-1-2-4-15(11)25-16/h1-6,9-10H,7-8H2,(H,19,21)(H,20,22). The van der Waals surface area contributed by atoms with Gasteiger partial charge >= 0.3 is 0 Å². The number of carbonyl (C=O) groups excluding carboxylic acids is 2. The summed E-state index contributed by atoms with van der Waals surface area (Å²) >= 11 is 1.37. The number of hydrogen-bond acceptors (Lipinski definition) is 5. The highest BCUT2D eigenvalue weighted by Crippen LogP contribution is 2.30. The van der Waals surface area contributed by atoms with Crippen molar-refractivity contribution in [1.29, 1.82) is 0 Å². The Kier molecular flexibility index (Phi) is 3.99. The third-order valence-electron chi connectivity index (χ3n) is 3.74. The molecule has 2 amide bonds. The summed E-state index contributed by atoms with van der Waals surface area (Å²) in [5.74, 6) is 0.352. The fourth-order valence-electron chi connectivity index (χ4n) is 2.53. The number of amides is 2. The molecule has 2 N–H and O–H groups in total. The van der Waals surface area contributed by atoms with Crippen molar-refractivity contribution in [1.82, 2.24) is 10.9 Å². The van der Waals surface area contributed by atoms with Crippen LogP contribution < -0.4 is 20.3 Å². The highest BCUT2D eigenvalue weighted by atomic mass is 32.1. The zero-order valence-electron chi connectivity index (χ0n) is 13.1. The fourth-order valence-corrected chi connectivity index (χ4v) is 3.48. The summed E-state index contributed by atoms with van der Waals surface area (Å²) in [7, 11) is 0. The maximum absolute atomic E-state index is 12.2. The molecule has 0 fully saturated rings. The van der Waals surface area contributed by atoms with Crippen molar-refractivity contribution < 1.29 is 19.1 Å². The Hall–Kier alpha value is -3.06. The van der Waals surface area contributed by atoms with Gasteiger partial charge in [0.05, 0.1) is 4.88 Å². The number of carbonyl (C=O) groups is 2. The number of rotatable bonds is 2. The summed E-state index contributed by atoms with van der Waals surface area (Å²) < 4.78 is 11.9. The molecular formula is C18H14N2O4S. The largest absolute Gasteiger partial charge is 0.486 e. The van der Waals surface area contributed by atoms with E-state index in [1.165, 1.54) is 11.3 Å². The van der Waals surface area contributed by atoms with Crippen molar-refractivity contribution in [2.45, 2.75) is 0 Å². The third-order valence-corrected chi connectivity index (χ3v) is 4.86. The van der Waals surface area contributed by atoms with Gasteiger partial charge in [0, 0.05) is 10.3 Å². The van der Waals surface area contributed by atoms with Crippen molar-refractivity contribution in [2.75, 3.05) is 13.2 Å². The Morgan fingerprint density at radius 2 is 1.64 bits per heavy atom. The first kappa shape index (κ1) is 15.5. The van der Waals surface area contributed by atoms with Crippen LogP contribution in [0.4, 0.5) is 0 Å². The van der Waals surface area contributed by atoms with Crippen molar-refractivity contribution >= 4 is 33.2 Å². The zero-order valence-corrected chi connectivity index (χ0v) is 13.9. The smallest absolute Gasteiger partial charge is 0.279 e. The average molecular weight is 354 g/mol. The molecule has 0 aliphatic carbocycles. The van der Waals surface area contributed by atoms with Crippen LogP contribution in [0.1, 0.15) is 20.0 Å². The summed E-state index contributed by atoms with van der Waals surface area (Å²) in [6.45, 7) is 0.935. The van der Waals surface area contributed by atoms with Gasteiger partial charge in [-0.1, -0.05) is 18.2 Å². The normalized spacial score (nSPS) is 12.6. The Labute approximate surface area is 147 Å². The van der Waals surface area contributed by atoms with E-state index in [0.29, 0.717) is 35.2 Å². The van der Waals surface area contributed by atoms with Gasteiger partial charge in [-0.2, -0.15) is 0 Å². The third kappa shape index (κ3) is 3.14. The van der Waals surface area contributed by atoms with Crippen LogP contribution in [0, 0.1) is 0 Å². The monoisotopic (exact) mass is 354 g/mol. The van der Waals surface area contributed by atoms with Gasteiger partial charge in [0.25, 0.3) is 11.8 Å². The molecule has 2 aromatic carbocycles. The van der Waals surface area contributed by atoms with E-state index in [2.05, 4.69) is 10.9 Å². The topological polar surface area (TPSA) is 76.7 Å². The Morgan fingerprint density at radius 1 is 0.880 bits per heavy atom. The van der Waals surface area contributed by atoms with Crippen LogP contribution in [0.15, 0.2) is 48.5 Å². The number of fused-ring (bicyclic) bond motifs is 2. The molecule has 1 aromatic heterocycles. The maximum atomic E-state index is 12.2. The average Bonchev–Trinajstić information content (AvgIpc) is 3.09. The Balaban J connectivity index is 1.43. The lowest BCUT2D eigenvalue weighted by Crippen LogP contribution is -2.41. The molecule has 0 saturated carbocycles. The molecule has 0 spiro atoms. The van der Waals surface area contributed by atoms with Gasteiger partial charge in [-0.3, -0.25) is 20.4 Å². The first-order valence-corrected chi connectivity index (χ1v) is 8.51. The lowest BCUT2D eigenvalue weighted by Gasteiger charge is -2.18. The first-order chi connectivity index (χ1) is 12.2. The minimum absolute atomic E-state index is 0.355. The van der Waals surface area contributed by atoms with Gasteiger partial charge in [0.15, 0.2) is 11.5 Å². The van der Waals surface area contributed by atoms with E-state index < -0.39 is 5.91 Å². The molecule has 3 aromatic rings. The highest BCUT2D eigenvalue weighted by Gasteiger charge is 2.16. The van der Waals surface area contributed by atoms with Crippen molar-refractivity contribution in [3.8, 4) is 11.5 Å². The van der Waals surface area contributed by atoms with E-state index in [1.807, 2.05) is 24.3 Å². The SMILES string of the molecule is O=C(NNC(=O)c1cc2ccccc2s1)c1ccc2c(c1)OCCO2. The predicted octanol–water partition coefficient (Wildman–Crippen LogP) is 2.75. The lowest BCUT2D eigenvalue weighted by atomic mass is 10.2. The molecule has 6 nitrogen and oxygen atoms in total. The number of benzene rings is 2. The van der Waals surface area contributed by atoms with Gasteiger partial charge in [-0.05, 0) is 35.7 Å². The number of hydrogen-bond donors (Lipinski definition) is 2. The number of ether oxygens (including phenoxy) is 2. The van der Waals surface area contributed by atoms with E-state index in [1.54, 1.807) is 24.3 Å². The molecule has 0 bridgehead atoms. The second-order valence-corrected chi connectivity index (χ2v) is 6.50. The van der Waals surface area contributed by atoms with Gasteiger partial charge < -0.3 is 9.47 Å². The van der Waals surface area contributed by atoms with Crippen LogP contribution in [0.5, 0.6) is 11.5 Å². The van der Waals surface area contributed by atoms with Gasteiger partial charge in [0.1, 0.15) is 13.2 Å². The zero-order chi connectivity index (χ0) is 17.2. The number of hydrazine groups is 1. The van der Waals surface area contributed by atoms with Crippen LogP contribution in [-0.4, -0.2) is 25.0 Å². The van der Waals surface area contributed by atoms with Gasteiger partial charge in [-0.15, -0.1) is 11.3 Å². The minimum atomic E-state index is -0.425.